The molecule has 12 rings (SSSR count). The average Bonchev–Trinajstić information content (AvgIpc) is 0.735. The van der Waals surface area contributed by atoms with Crippen molar-refractivity contribution < 1.29 is 27.4 Å². The van der Waals surface area contributed by atoms with Gasteiger partial charge in [0.25, 0.3) is 0 Å². The van der Waals surface area contributed by atoms with E-state index in [9.17, 15) is 0 Å². The van der Waals surface area contributed by atoms with Crippen LogP contribution in [0.2, 0.25) is 0 Å². The number of fused-ring (bicyclic) bond motifs is 5. The summed E-state index contributed by atoms with van der Waals surface area (Å²) in [6, 6.07) is 0. The van der Waals surface area contributed by atoms with Gasteiger partial charge < -0.3 is 0 Å². The fourth-order valence-corrected chi connectivity index (χ4v) is 22.6. The van der Waals surface area contributed by atoms with Gasteiger partial charge in [-0.2, -0.15) is 13.7 Å². The number of hydrogen-bond donors (Lipinski definition) is 0. The normalized spacial score (nSPS) is 11.5. The lowest BCUT2D eigenvalue weighted by Crippen LogP contribution is -2.40. The molecular weight excluding hydrogens is 1550 g/mol. The Hall–Kier alpha value is -8.55. The molecule has 0 atom stereocenters. The van der Waals surface area contributed by atoms with Gasteiger partial charge in [0.05, 0.1) is 21.5 Å². The van der Waals surface area contributed by atoms with E-state index in [1.807, 2.05) is 0 Å². The van der Waals surface area contributed by atoms with Crippen molar-refractivity contribution in [2.24, 2.45) is 42.3 Å². The summed E-state index contributed by atoms with van der Waals surface area (Å²) in [5.41, 5.74) is 68.5. The minimum atomic E-state index is 0. The van der Waals surface area contributed by atoms with Crippen molar-refractivity contribution in [3.63, 3.8) is 0 Å². The van der Waals surface area contributed by atoms with Crippen LogP contribution in [0.1, 0.15) is 398 Å². The molecule has 5 aromatic carbocycles. The van der Waals surface area contributed by atoms with Crippen LogP contribution >= 0.6 is 0 Å². The van der Waals surface area contributed by atoms with Gasteiger partial charge in [-0.25, -0.2) is 13.7 Å². The van der Waals surface area contributed by atoms with Gasteiger partial charge in [-0.15, -0.1) is 0 Å². The topological polar surface area (TPSA) is 36.2 Å². The predicted octanol–water partition coefficient (Wildman–Crippen LogP) is 30.1. The predicted molar refractivity (Wildman–Crippen MR) is 563 cm³/mol. The Balaban J connectivity index is 0.000000266. The third-order valence-electron chi connectivity index (χ3n) is 32.6. The van der Waals surface area contributed by atoms with E-state index in [2.05, 4.69) is 430 Å². The standard InChI is InChI=1S/4C19H28N.C18H25N.2C13H22N.CH4/c1-10(2)17-13(5)11(3)15(7)19-18(17)14(6)12(4)16(8)20(19)9;1-10(2)17-13(5)14(6)18-12(4)11(3)16(8)20(9)19(18)15(17)7;1-10(2)17-12(4)11(3)13(5)18-14(6)15(7)20(9)16(8)19(17)18;1-10(2)17-15(7)16(8)20(9)19-14(6)12(4)11(3)13(5)18(17)19;1-9(2)16-10(3)11(4)18-15(8)19-14(7)12(5)17(18)13(16)6;1-8(2)13-9(3)11(5)14(7)12(6)10(13)4;1-8(2)13-11(5)9(3)10(4)12(6)14(13)7;/h4*10H,1-9H3;9H,1-8H3;2*8H,1-7H3;1H4/q4*+1;;2*+1;. The summed E-state index contributed by atoms with van der Waals surface area (Å²) in [7, 11) is 13.1. The zero-order chi connectivity index (χ0) is 98.0. The highest BCUT2D eigenvalue weighted by molar-refractivity contribution is 5.97. The fourth-order valence-electron chi connectivity index (χ4n) is 22.6. The van der Waals surface area contributed by atoms with Crippen molar-refractivity contribution in [3.8, 4) is 0 Å². The molecule has 0 N–H and O–H groups in total. The lowest BCUT2D eigenvalue weighted by Gasteiger charge is -2.22. The van der Waals surface area contributed by atoms with Gasteiger partial charge in [0, 0.05) is 145 Å². The van der Waals surface area contributed by atoms with Gasteiger partial charge in [0.1, 0.15) is 42.3 Å². The van der Waals surface area contributed by atoms with Gasteiger partial charge in [0.2, 0.25) is 16.6 Å². The molecule has 7 heteroatoms. The fraction of sp³-hybridized carbons (Fsp3) is 0.545. The molecule has 0 unspecified atom stereocenters. The van der Waals surface area contributed by atoms with E-state index in [0.29, 0.717) is 41.4 Å². The van der Waals surface area contributed by atoms with Gasteiger partial charge in [0.15, 0.2) is 51.2 Å². The lowest BCUT2D eigenvalue weighted by molar-refractivity contribution is -0.687. The number of nitrogens with zero attached hydrogens (tertiary/aromatic N) is 7. The largest absolute Gasteiger partial charge is 0.258 e. The Morgan fingerprint density at radius 3 is 0.781 bits per heavy atom. The Kier molecular flexibility index (Phi) is 36.4. The second kappa shape index (κ2) is 42.3. The molecule has 0 amide bonds. The number of hydrogen-bond acceptors (Lipinski definition) is 1. The third-order valence-corrected chi connectivity index (χ3v) is 32.6. The highest BCUT2D eigenvalue weighted by atomic mass is 15.0. The highest BCUT2D eigenvalue weighted by Crippen LogP contribution is 2.43. The van der Waals surface area contributed by atoms with Crippen molar-refractivity contribution in [2.75, 3.05) is 0 Å². The average molecular weight is 1740 g/mol. The quantitative estimate of drug-likeness (QED) is 0.147. The molecule has 7 heterocycles. The minimum Gasteiger partial charge on any atom is -0.258 e. The summed E-state index contributed by atoms with van der Waals surface area (Å²) >= 11 is 0. The summed E-state index contributed by atoms with van der Waals surface area (Å²) in [5.74, 6) is 4.01. The molecule has 0 saturated heterocycles. The molecule has 0 aliphatic rings. The zero-order valence-corrected chi connectivity index (χ0v) is 92.7. The maximum absolute atomic E-state index is 4.72. The first-order valence-corrected chi connectivity index (χ1v) is 48.2. The Morgan fingerprint density at radius 2 is 0.383 bits per heavy atom. The number of pyridine rings is 7. The first kappa shape index (κ1) is 110. The van der Waals surface area contributed by atoms with Crippen LogP contribution < -0.4 is 27.4 Å². The molecule has 0 fully saturated rings. The minimum absolute atomic E-state index is 0. The van der Waals surface area contributed by atoms with E-state index in [-0.39, 0.29) is 7.43 Å². The number of aromatic nitrogens is 7. The molecule has 7 aromatic heterocycles. The van der Waals surface area contributed by atoms with Crippen molar-refractivity contribution in [1.29, 1.82) is 0 Å². The third kappa shape index (κ3) is 19.8. The Labute approximate surface area is 784 Å². The molecule has 12 aromatic rings. The van der Waals surface area contributed by atoms with Crippen LogP contribution in [-0.2, 0) is 42.3 Å². The van der Waals surface area contributed by atoms with Gasteiger partial charge in [-0.3, -0.25) is 4.98 Å². The van der Waals surface area contributed by atoms with Crippen LogP contribution in [0.4, 0.5) is 0 Å². The van der Waals surface area contributed by atoms with Crippen molar-refractivity contribution in [3.05, 3.63) is 252 Å². The molecule has 0 aliphatic heterocycles. The number of benzene rings is 5. The summed E-state index contributed by atoms with van der Waals surface area (Å²) < 4.78 is 14.1. The summed E-state index contributed by atoms with van der Waals surface area (Å²) in [4.78, 5) is 4.72. The second-order valence-corrected chi connectivity index (χ2v) is 41.4. The maximum Gasteiger partial charge on any atom is 0.216 e. The number of aryl methyl sites for hydroxylation is 18. The zero-order valence-electron chi connectivity index (χ0n) is 92.7. The molecule has 698 valence electrons. The Bertz CT molecular complexity index is 5860. The first-order valence-electron chi connectivity index (χ1n) is 48.2. The maximum atomic E-state index is 4.72. The molecule has 7 nitrogen and oxygen atoms in total. The molecule has 0 spiro atoms. The lowest BCUT2D eigenvalue weighted by atomic mass is 9.84. The summed E-state index contributed by atoms with van der Waals surface area (Å²) in [5, 5.41) is 10.2. The van der Waals surface area contributed by atoms with E-state index in [4.69, 9.17) is 4.98 Å². The van der Waals surface area contributed by atoms with Gasteiger partial charge in [-0.05, 0) is 377 Å². The van der Waals surface area contributed by atoms with E-state index < -0.39 is 0 Å². The molecule has 0 radical (unpaired) electrons. The first-order chi connectivity index (χ1) is 58.3. The van der Waals surface area contributed by atoms with Crippen LogP contribution in [0.25, 0.3) is 54.3 Å². The van der Waals surface area contributed by atoms with E-state index in [1.165, 1.54) is 295 Å². The van der Waals surface area contributed by atoms with E-state index in [0.717, 1.165) is 11.4 Å². The smallest absolute Gasteiger partial charge is 0.216 e. The van der Waals surface area contributed by atoms with Crippen molar-refractivity contribution in [1.82, 2.24) is 4.98 Å². The van der Waals surface area contributed by atoms with Crippen LogP contribution in [0, 0.1) is 263 Å². The molecule has 0 bridgehead atoms. The van der Waals surface area contributed by atoms with E-state index in [1.54, 1.807) is 0 Å². The van der Waals surface area contributed by atoms with Crippen molar-refractivity contribution >= 4 is 54.3 Å². The highest BCUT2D eigenvalue weighted by Gasteiger charge is 2.32. The van der Waals surface area contributed by atoms with E-state index >= 15 is 0 Å². The van der Waals surface area contributed by atoms with Crippen LogP contribution in [0.15, 0.2) is 0 Å². The molecular formula is C121H185N7+6. The molecule has 0 aliphatic carbocycles. The number of rotatable bonds is 7. The van der Waals surface area contributed by atoms with Gasteiger partial charge in [-0.1, -0.05) is 104 Å². The van der Waals surface area contributed by atoms with Crippen LogP contribution in [-0.4, -0.2) is 4.98 Å². The monoisotopic (exact) mass is 1740 g/mol. The van der Waals surface area contributed by atoms with Crippen molar-refractivity contribution in [2.45, 2.75) is 409 Å². The van der Waals surface area contributed by atoms with Crippen LogP contribution in [0.3, 0.4) is 0 Å². The summed E-state index contributed by atoms with van der Waals surface area (Å²) in [6.07, 6.45) is 0. The molecule has 0 saturated carbocycles. The second-order valence-electron chi connectivity index (χ2n) is 41.4. The van der Waals surface area contributed by atoms with Gasteiger partial charge >= 0.3 is 0 Å². The molecule has 128 heavy (non-hydrogen) atoms. The SMILES string of the molecule is C.Cc1c(C(C)C)c(C)c(C)[n+](C)c1C.Cc1c(C(C)C)c(C)c2c(c1C)c(C)c(C)c(C)[n+]2C.Cc1c(C)c(C(C)C)c2c(C)[n+](C)c(C)c(C)c2c1C.Cc1c(C)c(C)[n+](C)c(C(C)C)c1C.Cc1c(C)c(C)c2c(c(C)c(C)c(C)[n+]2C)c1C(C)C.Cc1c(C)c(C)c2c(c1C)c(C(C)C)c(C)c(C)[n+]2C.Cc1nc(C)c2c(C)c(C)c(C(C)C)c(C)c2c1C. The Morgan fingerprint density at radius 1 is 0.148 bits per heavy atom. The summed E-state index contributed by atoms with van der Waals surface area (Å²) in [6.45, 7) is 117. The van der Waals surface area contributed by atoms with Crippen LogP contribution in [0.5, 0.6) is 0 Å².